The molecule has 1 aliphatic heterocycles. The zero-order valence-corrected chi connectivity index (χ0v) is 12.5. The van der Waals surface area contributed by atoms with Crippen LogP contribution in [-0.4, -0.2) is 23.6 Å². The molecule has 3 heteroatoms. The van der Waals surface area contributed by atoms with E-state index in [0.29, 0.717) is 4.75 Å². The van der Waals surface area contributed by atoms with Crippen molar-refractivity contribution >= 4 is 17.4 Å². The standard InChI is InChI=1S/C15H24N2S/c1-12(16)13-4-6-14(7-5-13)17-9-8-15(2,3)18-11-10-17/h4-7,12H,8-11,16H2,1-3H3/t12-/m1/s1. The molecule has 1 heterocycles. The fourth-order valence-electron chi connectivity index (χ4n) is 2.27. The van der Waals surface area contributed by atoms with Crippen molar-refractivity contribution in [2.75, 3.05) is 23.7 Å². The molecular weight excluding hydrogens is 240 g/mol. The minimum absolute atomic E-state index is 0.123. The van der Waals surface area contributed by atoms with E-state index in [0.717, 1.165) is 13.1 Å². The van der Waals surface area contributed by atoms with E-state index >= 15 is 0 Å². The molecule has 1 saturated heterocycles. The summed E-state index contributed by atoms with van der Waals surface area (Å²) in [5, 5.41) is 0. The molecule has 18 heavy (non-hydrogen) atoms. The Morgan fingerprint density at radius 2 is 1.89 bits per heavy atom. The van der Waals surface area contributed by atoms with Gasteiger partial charge in [0.2, 0.25) is 0 Å². The molecule has 100 valence electrons. The van der Waals surface area contributed by atoms with Gasteiger partial charge in [-0.1, -0.05) is 26.0 Å². The Kier molecular flexibility index (Phi) is 4.23. The van der Waals surface area contributed by atoms with E-state index in [-0.39, 0.29) is 6.04 Å². The predicted molar refractivity (Wildman–Crippen MR) is 82.4 cm³/mol. The number of benzene rings is 1. The van der Waals surface area contributed by atoms with Crippen molar-refractivity contribution in [1.29, 1.82) is 0 Å². The van der Waals surface area contributed by atoms with Crippen molar-refractivity contribution in [3.63, 3.8) is 0 Å². The summed E-state index contributed by atoms with van der Waals surface area (Å²) in [5.74, 6) is 1.21. The number of nitrogens with zero attached hydrogens (tertiary/aromatic N) is 1. The van der Waals surface area contributed by atoms with Gasteiger partial charge in [-0.2, -0.15) is 11.8 Å². The largest absolute Gasteiger partial charge is 0.371 e. The minimum Gasteiger partial charge on any atom is -0.371 e. The van der Waals surface area contributed by atoms with E-state index in [1.165, 1.54) is 23.4 Å². The third-order valence-corrected chi connectivity index (χ3v) is 4.99. The Labute approximate surface area is 115 Å². The van der Waals surface area contributed by atoms with E-state index in [2.05, 4.69) is 54.8 Å². The first-order valence-electron chi connectivity index (χ1n) is 6.72. The molecule has 0 radical (unpaired) electrons. The maximum absolute atomic E-state index is 5.89. The first-order chi connectivity index (χ1) is 8.48. The summed E-state index contributed by atoms with van der Waals surface area (Å²) < 4.78 is 0.417. The molecule has 0 unspecified atom stereocenters. The van der Waals surface area contributed by atoms with E-state index in [1.54, 1.807) is 0 Å². The highest BCUT2D eigenvalue weighted by Gasteiger charge is 2.23. The number of hydrogen-bond donors (Lipinski definition) is 1. The highest BCUT2D eigenvalue weighted by atomic mass is 32.2. The van der Waals surface area contributed by atoms with Crippen LogP contribution < -0.4 is 10.6 Å². The maximum atomic E-state index is 5.89. The Hall–Kier alpha value is -0.670. The lowest BCUT2D eigenvalue weighted by atomic mass is 10.1. The summed E-state index contributed by atoms with van der Waals surface area (Å²) in [6.07, 6.45) is 1.24. The topological polar surface area (TPSA) is 29.3 Å². The van der Waals surface area contributed by atoms with Gasteiger partial charge in [-0.05, 0) is 31.0 Å². The van der Waals surface area contributed by atoms with Crippen LogP contribution in [0.25, 0.3) is 0 Å². The highest BCUT2D eigenvalue weighted by molar-refractivity contribution is 8.00. The second kappa shape index (κ2) is 5.54. The first-order valence-corrected chi connectivity index (χ1v) is 7.71. The molecule has 2 rings (SSSR count). The van der Waals surface area contributed by atoms with Crippen LogP contribution in [0.3, 0.4) is 0 Å². The number of rotatable bonds is 2. The molecule has 2 N–H and O–H groups in total. The zero-order valence-electron chi connectivity index (χ0n) is 11.6. The fourth-order valence-corrected chi connectivity index (χ4v) is 3.37. The number of thioether (sulfide) groups is 1. The lowest BCUT2D eigenvalue weighted by Gasteiger charge is -2.24. The molecule has 1 fully saturated rings. The van der Waals surface area contributed by atoms with Crippen molar-refractivity contribution in [3.05, 3.63) is 29.8 Å². The molecule has 0 amide bonds. The SMILES string of the molecule is C[C@@H](N)c1ccc(N2CCSC(C)(C)CC2)cc1. The summed E-state index contributed by atoms with van der Waals surface area (Å²) in [6.45, 7) is 9.02. The molecule has 0 aliphatic carbocycles. The number of anilines is 1. The molecule has 1 aromatic carbocycles. The van der Waals surface area contributed by atoms with Gasteiger partial charge in [0.15, 0.2) is 0 Å². The van der Waals surface area contributed by atoms with Crippen LogP contribution in [0.5, 0.6) is 0 Å². The normalized spacial score (nSPS) is 21.4. The van der Waals surface area contributed by atoms with Gasteiger partial charge < -0.3 is 10.6 Å². The van der Waals surface area contributed by atoms with Gasteiger partial charge in [-0.15, -0.1) is 0 Å². The average Bonchev–Trinajstić information content (AvgIpc) is 2.50. The van der Waals surface area contributed by atoms with Gasteiger partial charge in [0.25, 0.3) is 0 Å². The van der Waals surface area contributed by atoms with Crippen molar-refractivity contribution < 1.29 is 0 Å². The Bertz CT molecular complexity index is 384. The third kappa shape index (κ3) is 3.42. The molecule has 0 aromatic heterocycles. The van der Waals surface area contributed by atoms with Gasteiger partial charge in [-0.25, -0.2) is 0 Å². The van der Waals surface area contributed by atoms with E-state index in [4.69, 9.17) is 5.73 Å². The van der Waals surface area contributed by atoms with Crippen LogP contribution in [0.1, 0.15) is 38.8 Å². The second-order valence-corrected chi connectivity index (χ2v) is 7.53. The highest BCUT2D eigenvalue weighted by Crippen LogP contribution is 2.32. The lowest BCUT2D eigenvalue weighted by Crippen LogP contribution is -2.26. The second-order valence-electron chi connectivity index (χ2n) is 5.73. The lowest BCUT2D eigenvalue weighted by molar-refractivity contribution is 0.637. The number of hydrogen-bond acceptors (Lipinski definition) is 3. The first kappa shape index (κ1) is 13.8. The summed E-state index contributed by atoms with van der Waals surface area (Å²) in [6, 6.07) is 8.85. The average molecular weight is 264 g/mol. The molecular formula is C15H24N2S. The van der Waals surface area contributed by atoms with Crippen molar-refractivity contribution in [3.8, 4) is 0 Å². The van der Waals surface area contributed by atoms with Crippen LogP contribution in [0, 0.1) is 0 Å². The van der Waals surface area contributed by atoms with E-state index in [9.17, 15) is 0 Å². The maximum Gasteiger partial charge on any atom is 0.0366 e. The van der Waals surface area contributed by atoms with Crippen LogP contribution >= 0.6 is 11.8 Å². The Balaban J connectivity index is 2.07. The molecule has 1 aliphatic rings. The Morgan fingerprint density at radius 1 is 1.22 bits per heavy atom. The van der Waals surface area contributed by atoms with Crippen LogP contribution in [0.4, 0.5) is 5.69 Å². The fraction of sp³-hybridized carbons (Fsp3) is 0.600. The smallest absolute Gasteiger partial charge is 0.0366 e. The minimum atomic E-state index is 0.123. The van der Waals surface area contributed by atoms with Crippen LogP contribution in [-0.2, 0) is 0 Å². The monoisotopic (exact) mass is 264 g/mol. The van der Waals surface area contributed by atoms with Gasteiger partial charge in [0.1, 0.15) is 0 Å². The Morgan fingerprint density at radius 3 is 2.50 bits per heavy atom. The van der Waals surface area contributed by atoms with Crippen molar-refractivity contribution in [2.24, 2.45) is 5.73 Å². The summed E-state index contributed by atoms with van der Waals surface area (Å²) in [7, 11) is 0. The third-order valence-electron chi connectivity index (χ3n) is 3.62. The summed E-state index contributed by atoms with van der Waals surface area (Å²) in [4.78, 5) is 2.49. The van der Waals surface area contributed by atoms with Gasteiger partial charge >= 0.3 is 0 Å². The zero-order chi connectivity index (χ0) is 13.2. The predicted octanol–water partition coefficient (Wildman–Crippen LogP) is 3.43. The molecule has 1 aromatic rings. The summed E-state index contributed by atoms with van der Waals surface area (Å²) >= 11 is 2.09. The summed E-state index contributed by atoms with van der Waals surface area (Å²) in [5.41, 5.74) is 8.43. The van der Waals surface area contributed by atoms with Crippen molar-refractivity contribution in [1.82, 2.24) is 0 Å². The van der Waals surface area contributed by atoms with Gasteiger partial charge in [0, 0.05) is 35.3 Å². The molecule has 0 spiro atoms. The van der Waals surface area contributed by atoms with Crippen molar-refractivity contribution in [2.45, 2.75) is 38.0 Å². The van der Waals surface area contributed by atoms with Crippen LogP contribution in [0.2, 0.25) is 0 Å². The molecule has 0 bridgehead atoms. The van der Waals surface area contributed by atoms with E-state index in [1.807, 2.05) is 6.92 Å². The van der Waals surface area contributed by atoms with Gasteiger partial charge in [-0.3, -0.25) is 0 Å². The molecule has 0 saturated carbocycles. The quantitative estimate of drug-likeness (QED) is 0.887. The van der Waals surface area contributed by atoms with E-state index < -0.39 is 0 Å². The molecule has 1 atom stereocenters. The molecule has 2 nitrogen and oxygen atoms in total. The number of nitrogens with two attached hydrogens (primary N) is 1. The van der Waals surface area contributed by atoms with Crippen LogP contribution in [0.15, 0.2) is 24.3 Å². The van der Waals surface area contributed by atoms with Gasteiger partial charge in [0.05, 0.1) is 0 Å².